The Morgan fingerprint density at radius 1 is 1.03 bits per heavy atom. The molecule has 0 radical (unpaired) electrons. The molecule has 0 saturated heterocycles. The van der Waals surface area contributed by atoms with Crippen LogP contribution in [0.4, 0.5) is 5.82 Å². The average Bonchev–Trinajstić information content (AvgIpc) is 3.42. The van der Waals surface area contributed by atoms with E-state index in [-0.39, 0.29) is 0 Å². The highest BCUT2D eigenvalue weighted by Crippen LogP contribution is 2.35. The van der Waals surface area contributed by atoms with Gasteiger partial charge in [-0.2, -0.15) is 0 Å². The maximum Gasteiger partial charge on any atom is 0.164 e. The highest BCUT2D eigenvalue weighted by atomic mass is 32.1. The second kappa shape index (κ2) is 7.64. The first-order valence-electron chi connectivity index (χ1n) is 9.54. The summed E-state index contributed by atoms with van der Waals surface area (Å²) >= 11 is 1.69. The Kier molecular flexibility index (Phi) is 4.68. The monoisotopic (exact) mass is 413 g/mol. The fraction of sp³-hybridized carbons (Fsp3) is 0.136. The molecule has 0 unspecified atom stereocenters. The fourth-order valence-electron chi connectivity index (χ4n) is 3.26. The van der Waals surface area contributed by atoms with Crippen LogP contribution < -0.4 is 5.32 Å². The summed E-state index contributed by atoms with van der Waals surface area (Å²) in [6.07, 6.45) is 10.8. The molecule has 0 amide bonds. The molecule has 5 heterocycles. The van der Waals surface area contributed by atoms with Crippen molar-refractivity contribution in [3.63, 3.8) is 0 Å². The molecule has 1 N–H and O–H groups in total. The third-order valence-corrected chi connectivity index (χ3v) is 6.09. The number of fused-ring (bicyclic) bond motifs is 1. The van der Waals surface area contributed by atoms with Gasteiger partial charge >= 0.3 is 0 Å². The third-order valence-electron chi connectivity index (χ3n) is 4.99. The average molecular weight is 414 g/mol. The number of thiophene rings is 1. The molecule has 0 atom stereocenters. The van der Waals surface area contributed by atoms with E-state index in [0.29, 0.717) is 12.4 Å². The number of hydrogen-bond acceptors (Lipinski definition) is 7. The Morgan fingerprint density at radius 3 is 2.70 bits per heavy atom. The Labute approximate surface area is 177 Å². The summed E-state index contributed by atoms with van der Waals surface area (Å²) in [4.78, 5) is 24.6. The van der Waals surface area contributed by atoms with Crippen molar-refractivity contribution in [3.8, 4) is 17.2 Å². The van der Waals surface area contributed by atoms with E-state index in [1.807, 2.05) is 35.2 Å². The van der Waals surface area contributed by atoms with Gasteiger partial charge in [0.05, 0.1) is 5.39 Å². The van der Waals surface area contributed by atoms with Crippen molar-refractivity contribution in [2.45, 2.75) is 20.4 Å². The molecule has 0 bridgehead atoms. The standard InChI is InChI=1S/C22H19N7S/c1-14-15(2)30-22-19(14)21(27-20(28-22)17-4-3-7-23-12-17)26-11-16-5-6-18(25-10-16)29-9-8-24-13-29/h3-10,12-13H,11H2,1-2H3,(H,26,27,28). The predicted octanol–water partition coefficient (Wildman–Crippen LogP) is 4.56. The van der Waals surface area contributed by atoms with Gasteiger partial charge in [-0.15, -0.1) is 11.3 Å². The van der Waals surface area contributed by atoms with Crippen LogP contribution in [0.3, 0.4) is 0 Å². The Hall–Kier alpha value is -3.65. The summed E-state index contributed by atoms with van der Waals surface area (Å²) in [7, 11) is 0. The van der Waals surface area contributed by atoms with Gasteiger partial charge in [-0.25, -0.2) is 19.9 Å². The lowest BCUT2D eigenvalue weighted by Gasteiger charge is -2.10. The lowest BCUT2D eigenvalue weighted by Crippen LogP contribution is -2.05. The number of rotatable bonds is 5. The number of nitrogens with one attached hydrogen (secondary N) is 1. The van der Waals surface area contributed by atoms with E-state index >= 15 is 0 Å². The molecule has 0 spiro atoms. The van der Waals surface area contributed by atoms with Crippen molar-refractivity contribution in [2.24, 2.45) is 0 Å². The van der Waals surface area contributed by atoms with Crippen molar-refractivity contribution in [1.82, 2.24) is 29.5 Å². The molecule has 0 aliphatic rings. The molecule has 5 aromatic heterocycles. The van der Waals surface area contributed by atoms with E-state index < -0.39 is 0 Å². The zero-order valence-electron chi connectivity index (χ0n) is 16.6. The molecule has 30 heavy (non-hydrogen) atoms. The normalized spacial score (nSPS) is 11.1. The maximum atomic E-state index is 4.83. The van der Waals surface area contributed by atoms with Crippen molar-refractivity contribution in [2.75, 3.05) is 5.32 Å². The molecule has 0 saturated carbocycles. The van der Waals surface area contributed by atoms with Crippen LogP contribution in [0.15, 0.2) is 61.6 Å². The van der Waals surface area contributed by atoms with Gasteiger partial charge in [0.1, 0.15) is 22.8 Å². The van der Waals surface area contributed by atoms with Gasteiger partial charge in [0.15, 0.2) is 5.82 Å². The van der Waals surface area contributed by atoms with Crippen molar-refractivity contribution >= 4 is 27.4 Å². The first kappa shape index (κ1) is 18.4. The van der Waals surface area contributed by atoms with Crippen LogP contribution in [0.25, 0.3) is 27.4 Å². The molecule has 7 nitrogen and oxygen atoms in total. The Bertz CT molecular complexity index is 1290. The molecule has 0 fully saturated rings. The van der Waals surface area contributed by atoms with E-state index in [4.69, 9.17) is 9.97 Å². The first-order chi connectivity index (χ1) is 14.7. The van der Waals surface area contributed by atoms with Gasteiger partial charge in [0.25, 0.3) is 0 Å². The topological polar surface area (TPSA) is 81.4 Å². The van der Waals surface area contributed by atoms with Crippen LogP contribution in [0.5, 0.6) is 0 Å². The van der Waals surface area contributed by atoms with E-state index in [0.717, 1.165) is 33.0 Å². The number of nitrogens with zero attached hydrogens (tertiary/aromatic N) is 6. The highest BCUT2D eigenvalue weighted by Gasteiger charge is 2.15. The lowest BCUT2D eigenvalue weighted by atomic mass is 10.2. The second-order valence-electron chi connectivity index (χ2n) is 6.95. The Balaban J connectivity index is 1.47. The van der Waals surface area contributed by atoms with Gasteiger partial charge in [0, 0.05) is 48.0 Å². The Morgan fingerprint density at radius 2 is 1.97 bits per heavy atom. The zero-order valence-corrected chi connectivity index (χ0v) is 17.4. The van der Waals surface area contributed by atoms with Crippen molar-refractivity contribution < 1.29 is 0 Å². The van der Waals surface area contributed by atoms with Gasteiger partial charge in [-0.3, -0.25) is 9.55 Å². The lowest BCUT2D eigenvalue weighted by molar-refractivity contribution is 0.977. The van der Waals surface area contributed by atoms with E-state index in [1.165, 1.54) is 10.4 Å². The summed E-state index contributed by atoms with van der Waals surface area (Å²) < 4.78 is 1.88. The first-order valence-corrected chi connectivity index (χ1v) is 10.4. The largest absolute Gasteiger partial charge is 0.365 e. The quantitative estimate of drug-likeness (QED) is 0.455. The van der Waals surface area contributed by atoms with Crippen LogP contribution in [0.2, 0.25) is 0 Å². The molecular formula is C22H19N7S. The predicted molar refractivity (Wildman–Crippen MR) is 119 cm³/mol. The minimum atomic E-state index is 0.615. The third kappa shape index (κ3) is 3.42. The van der Waals surface area contributed by atoms with Crippen molar-refractivity contribution in [3.05, 3.63) is 77.6 Å². The van der Waals surface area contributed by atoms with Gasteiger partial charge in [-0.05, 0) is 43.2 Å². The SMILES string of the molecule is Cc1sc2nc(-c3cccnc3)nc(NCc3ccc(-n4ccnc4)nc3)c2c1C. The molecule has 0 aliphatic carbocycles. The molecule has 0 aliphatic heterocycles. The minimum Gasteiger partial charge on any atom is -0.365 e. The number of aromatic nitrogens is 6. The molecule has 5 rings (SSSR count). The summed E-state index contributed by atoms with van der Waals surface area (Å²) in [5, 5.41) is 4.58. The summed E-state index contributed by atoms with van der Waals surface area (Å²) in [5.74, 6) is 2.34. The van der Waals surface area contributed by atoms with Gasteiger partial charge in [0.2, 0.25) is 0 Å². The number of aryl methyl sites for hydroxylation is 2. The number of imidazole rings is 1. The van der Waals surface area contributed by atoms with Crippen LogP contribution in [-0.2, 0) is 6.54 Å². The van der Waals surface area contributed by atoms with Crippen LogP contribution in [0.1, 0.15) is 16.0 Å². The van der Waals surface area contributed by atoms with Crippen molar-refractivity contribution in [1.29, 1.82) is 0 Å². The summed E-state index contributed by atoms with van der Waals surface area (Å²) in [5.41, 5.74) is 3.18. The fourth-order valence-corrected chi connectivity index (χ4v) is 4.29. The minimum absolute atomic E-state index is 0.615. The number of anilines is 1. The number of pyridine rings is 2. The molecule has 8 heteroatoms. The maximum absolute atomic E-state index is 4.83. The molecule has 0 aromatic carbocycles. The van der Waals surface area contributed by atoms with E-state index in [9.17, 15) is 0 Å². The summed E-state index contributed by atoms with van der Waals surface area (Å²) in [6.45, 7) is 4.85. The zero-order chi connectivity index (χ0) is 20.5. The molecule has 5 aromatic rings. The smallest absolute Gasteiger partial charge is 0.164 e. The van der Waals surface area contributed by atoms with Crippen LogP contribution in [0, 0.1) is 13.8 Å². The molecule has 148 valence electrons. The van der Waals surface area contributed by atoms with E-state index in [1.54, 1.807) is 36.3 Å². The summed E-state index contributed by atoms with van der Waals surface area (Å²) in [6, 6.07) is 7.91. The second-order valence-corrected chi connectivity index (χ2v) is 8.15. The van der Waals surface area contributed by atoms with Crippen LogP contribution in [-0.4, -0.2) is 29.5 Å². The number of hydrogen-bond donors (Lipinski definition) is 1. The molecular weight excluding hydrogens is 394 g/mol. The van der Waals surface area contributed by atoms with Crippen LogP contribution >= 0.6 is 11.3 Å². The highest BCUT2D eigenvalue weighted by molar-refractivity contribution is 7.18. The van der Waals surface area contributed by atoms with Gasteiger partial charge in [-0.1, -0.05) is 6.07 Å². The van der Waals surface area contributed by atoms with Gasteiger partial charge < -0.3 is 5.32 Å². The van der Waals surface area contributed by atoms with E-state index in [2.05, 4.69) is 40.2 Å².